The van der Waals surface area contributed by atoms with Gasteiger partial charge in [-0.3, -0.25) is 4.79 Å². The van der Waals surface area contributed by atoms with Crippen molar-refractivity contribution in [3.8, 4) is 0 Å². The minimum Gasteiger partial charge on any atom is -0.381 e. The third-order valence-electron chi connectivity index (χ3n) is 2.67. The summed E-state index contributed by atoms with van der Waals surface area (Å²) in [5.74, 6) is 2.04. The van der Waals surface area contributed by atoms with Crippen molar-refractivity contribution in [2.75, 3.05) is 13.2 Å². The van der Waals surface area contributed by atoms with Gasteiger partial charge >= 0.3 is 0 Å². The Labute approximate surface area is 60.6 Å². The molecule has 0 spiro atoms. The fourth-order valence-electron chi connectivity index (χ4n) is 1.95. The molecule has 3 atom stereocenters. The highest BCUT2D eigenvalue weighted by Gasteiger charge is 2.56. The zero-order valence-electron chi connectivity index (χ0n) is 6.17. The van der Waals surface area contributed by atoms with Crippen LogP contribution in [0, 0.1) is 17.8 Å². The van der Waals surface area contributed by atoms with Crippen molar-refractivity contribution in [3.63, 3.8) is 0 Å². The van der Waals surface area contributed by atoms with E-state index in [0.717, 1.165) is 13.2 Å². The first-order chi connectivity index (χ1) is 4.84. The average Bonchev–Trinajstić information content (AvgIpc) is 2.43. The Morgan fingerprint density at radius 2 is 2.10 bits per heavy atom. The van der Waals surface area contributed by atoms with Crippen LogP contribution in [-0.2, 0) is 9.53 Å². The molecule has 2 fully saturated rings. The largest absolute Gasteiger partial charge is 0.381 e. The topological polar surface area (TPSA) is 26.3 Å². The lowest BCUT2D eigenvalue weighted by molar-refractivity contribution is -0.121. The zero-order valence-corrected chi connectivity index (χ0v) is 6.17. The normalized spacial score (nSPS) is 43.1. The molecule has 0 aromatic rings. The monoisotopic (exact) mass is 140 g/mol. The van der Waals surface area contributed by atoms with E-state index in [2.05, 4.69) is 0 Å². The number of rotatable bonds is 2. The van der Waals surface area contributed by atoms with Gasteiger partial charge in [0.05, 0.1) is 13.2 Å². The van der Waals surface area contributed by atoms with Crippen LogP contribution in [0.3, 0.4) is 0 Å². The van der Waals surface area contributed by atoms with Gasteiger partial charge in [0.25, 0.3) is 0 Å². The van der Waals surface area contributed by atoms with Crippen LogP contribution in [0.5, 0.6) is 0 Å². The van der Waals surface area contributed by atoms with E-state index >= 15 is 0 Å². The Morgan fingerprint density at radius 3 is 2.60 bits per heavy atom. The molecule has 0 amide bonds. The number of Topliss-reactive ketones (excluding diaryl/α,β-unsaturated/α-hetero) is 1. The Kier molecular flexibility index (Phi) is 1.31. The summed E-state index contributed by atoms with van der Waals surface area (Å²) in [7, 11) is 0. The van der Waals surface area contributed by atoms with E-state index in [1.165, 1.54) is 0 Å². The summed E-state index contributed by atoms with van der Waals surface area (Å²) in [6.45, 7) is 3.61. The highest BCUT2D eigenvalue weighted by atomic mass is 16.5. The van der Waals surface area contributed by atoms with Crippen molar-refractivity contribution in [3.05, 3.63) is 0 Å². The summed E-state index contributed by atoms with van der Waals surface area (Å²) in [5.41, 5.74) is 0. The minimum absolute atomic E-state index is 0.388. The van der Waals surface area contributed by atoms with Crippen molar-refractivity contribution in [1.82, 2.24) is 0 Å². The summed E-state index contributed by atoms with van der Waals surface area (Å²) >= 11 is 0. The number of carbonyl (C=O) groups excluding carboxylic acids is 1. The van der Waals surface area contributed by atoms with E-state index in [1.54, 1.807) is 0 Å². The van der Waals surface area contributed by atoms with E-state index in [4.69, 9.17) is 4.74 Å². The maximum Gasteiger partial charge on any atom is 0.136 e. The Bertz CT molecular complexity index is 155. The summed E-state index contributed by atoms with van der Waals surface area (Å²) < 4.78 is 5.18. The predicted molar refractivity (Wildman–Crippen MR) is 36.6 cm³/mol. The summed E-state index contributed by atoms with van der Waals surface area (Å²) in [4.78, 5) is 11.1. The second-order valence-corrected chi connectivity index (χ2v) is 3.21. The highest BCUT2D eigenvalue weighted by Crippen LogP contribution is 2.51. The first kappa shape index (κ1) is 6.35. The van der Waals surface area contributed by atoms with Gasteiger partial charge in [0.1, 0.15) is 5.78 Å². The van der Waals surface area contributed by atoms with Gasteiger partial charge in [-0.2, -0.15) is 0 Å². The zero-order chi connectivity index (χ0) is 7.14. The van der Waals surface area contributed by atoms with Crippen molar-refractivity contribution in [1.29, 1.82) is 0 Å². The molecule has 0 N–H and O–H groups in total. The first-order valence-corrected chi connectivity index (χ1v) is 3.95. The molecule has 2 heteroatoms. The summed E-state index contributed by atoms with van der Waals surface area (Å²) in [6.07, 6.45) is 0.706. The lowest BCUT2D eigenvalue weighted by atomic mass is 10.1. The van der Waals surface area contributed by atoms with Gasteiger partial charge in [-0.15, -0.1) is 0 Å². The molecule has 0 radical (unpaired) electrons. The van der Waals surface area contributed by atoms with Crippen LogP contribution in [0.2, 0.25) is 0 Å². The maximum absolute atomic E-state index is 11.1. The van der Waals surface area contributed by atoms with Crippen LogP contribution in [0.4, 0.5) is 0 Å². The summed E-state index contributed by atoms with van der Waals surface area (Å²) in [6, 6.07) is 0. The number of fused-ring (bicyclic) bond motifs is 1. The lowest BCUT2D eigenvalue weighted by Crippen LogP contribution is -2.07. The molecule has 0 aromatic carbocycles. The average molecular weight is 140 g/mol. The van der Waals surface area contributed by atoms with Gasteiger partial charge in [-0.25, -0.2) is 0 Å². The maximum atomic E-state index is 11.1. The molecule has 1 heterocycles. The van der Waals surface area contributed by atoms with Gasteiger partial charge in [-0.05, 0) is 11.8 Å². The molecule has 1 unspecified atom stereocenters. The molecule has 0 bridgehead atoms. The van der Waals surface area contributed by atoms with E-state index < -0.39 is 0 Å². The fourth-order valence-corrected chi connectivity index (χ4v) is 1.95. The SMILES string of the molecule is CCC(=O)C1[C@H]2COC[C@@H]12. The van der Waals surface area contributed by atoms with Crippen molar-refractivity contribution < 1.29 is 9.53 Å². The van der Waals surface area contributed by atoms with Crippen molar-refractivity contribution >= 4 is 5.78 Å². The number of hydrogen-bond donors (Lipinski definition) is 0. The fraction of sp³-hybridized carbons (Fsp3) is 0.875. The Balaban J connectivity index is 1.94. The molecular weight excluding hydrogens is 128 g/mol. The Morgan fingerprint density at radius 1 is 1.50 bits per heavy atom. The van der Waals surface area contributed by atoms with Crippen LogP contribution in [0.1, 0.15) is 13.3 Å². The highest BCUT2D eigenvalue weighted by molar-refractivity contribution is 5.84. The lowest BCUT2D eigenvalue weighted by Gasteiger charge is -1.99. The Hall–Kier alpha value is -0.370. The summed E-state index contributed by atoms with van der Waals surface area (Å²) in [5, 5.41) is 0. The number of ether oxygens (including phenoxy) is 1. The van der Waals surface area contributed by atoms with Crippen LogP contribution in [0.15, 0.2) is 0 Å². The van der Waals surface area contributed by atoms with Gasteiger partial charge in [0.15, 0.2) is 0 Å². The van der Waals surface area contributed by atoms with Gasteiger partial charge in [-0.1, -0.05) is 6.92 Å². The third-order valence-corrected chi connectivity index (χ3v) is 2.67. The van der Waals surface area contributed by atoms with Crippen LogP contribution >= 0.6 is 0 Å². The first-order valence-electron chi connectivity index (χ1n) is 3.95. The molecule has 0 aromatic heterocycles. The second-order valence-electron chi connectivity index (χ2n) is 3.21. The number of hydrogen-bond acceptors (Lipinski definition) is 2. The van der Waals surface area contributed by atoms with E-state index in [0.29, 0.717) is 30.0 Å². The molecule has 1 saturated carbocycles. The second kappa shape index (κ2) is 2.06. The predicted octanol–water partition coefficient (Wildman–Crippen LogP) is 0.858. The molecule has 1 saturated heterocycles. The van der Waals surface area contributed by atoms with Crippen molar-refractivity contribution in [2.45, 2.75) is 13.3 Å². The van der Waals surface area contributed by atoms with Gasteiger partial charge < -0.3 is 4.74 Å². The molecule has 56 valence electrons. The van der Waals surface area contributed by atoms with E-state index in [1.807, 2.05) is 6.92 Å². The minimum atomic E-state index is 0.388. The molecule has 2 aliphatic rings. The number of ketones is 1. The van der Waals surface area contributed by atoms with Crippen LogP contribution < -0.4 is 0 Å². The smallest absolute Gasteiger partial charge is 0.136 e. The standard InChI is InChI=1S/C8H12O2/c1-2-7(9)8-5-3-10-4-6(5)8/h5-6,8H,2-4H2,1H3/t5-,6+,8?. The third kappa shape index (κ3) is 0.717. The van der Waals surface area contributed by atoms with Gasteiger partial charge in [0, 0.05) is 12.3 Å². The molecule has 2 rings (SSSR count). The molecule has 1 aliphatic heterocycles. The van der Waals surface area contributed by atoms with E-state index in [9.17, 15) is 4.79 Å². The van der Waals surface area contributed by atoms with Gasteiger partial charge in [0.2, 0.25) is 0 Å². The van der Waals surface area contributed by atoms with E-state index in [-0.39, 0.29) is 0 Å². The molecule has 1 aliphatic carbocycles. The number of carbonyl (C=O) groups is 1. The van der Waals surface area contributed by atoms with Crippen molar-refractivity contribution in [2.24, 2.45) is 17.8 Å². The quantitative estimate of drug-likeness (QED) is 0.568. The molecule has 2 nitrogen and oxygen atoms in total. The van der Waals surface area contributed by atoms with Crippen LogP contribution in [-0.4, -0.2) is 19.0 Å². The molecule has 10 heavy (non-hydrogen) atoms. The molecular formula is C8H12O2. The van der Waals surface area contributed by atoms with Crippen LogP contribution in [0.25, 0.3) is 0 Å².